The molecule has 0 aliphatic carbocycles. The van der Waals surface area contributed by atoms with Crippen molar-refractivity contribution in [2.75, 3.05) is 6.61 Å². The largest absolute Gasteiger partial charge is 0.465 e. The first-order valence-corrected chi connectivity index (χ1v) is 7.42. The zero-order valence-electron chi connectivity index (χ0n) is 14.0. The highest BCUT2D eigenvalue weighted by Gasteiger charge is 2.28. The molecule has 0 heterocycles. The van der Waals surface area contributed by atoms with Gasteiger partial charge in [-0.05, 0) is 46.5 Å². The lowest BCUT2D eigenvalue weighted by Gasteiger charge is -2.29. The van der Waals surface area contributed by atoms with Crippen molar-refractivity contribution in [1.82, 2.24) is 0 Å². The molecule has 0 radical (unpaired) electrons. The van der Waals surface area contributed by atoms with Gasteiger partial charge in [-0.15, -0.1) is 0 Å². The van der Waals surface area contributed by atoms with Crippen molar-refractivity contribution in [2.24, 2.45) is 11.3 Å². The zero-order chi connectivity index (χ0) is 16.0. The minimum Gasteiger partial charge on any atom is -0.465 e. The molecule has 4 heteroatoms. The molecule has 0 saturated carbocycles. The van der Waals surface area contributed by atoms with Gasteiger partial charge in [0.05, 0.1) is 12.0 Å². The Balaban J connectivity index is 3.98. The zero-order valence-corrected chi connectivity index (χ0v) is 14.0. The van der Waals surface area contributed by atoms with E-state index >= 15 is 0 Å². The van der Waals surface area contributed by atoms with Crippen molar-refractivity contribution in [3.05, 3.63) is 0 Å². The van der Waals surface area contributed by atoms with Gasteiger partial charge in [0.15, 0.2) is 0 Å². The molecule has 20 heavy (non-hydrogen) atoms. The van der Waals surface area contributed by atoms with Gasteiger partial charge in [0, 0.05) is 6.42 Å². The third kappa shape index (κ3) is 6.40. The fourth-order valence-electron chi connectivity index (χ4n) is 1.18. The summed E-state index contributed by atoms with van der Waals surface area (Å²) < 4.78 is 10.6. The lowest BCUT2D eigenvalue weighted by molar-refractivity contribution is -0.162. The van der Waals surface area contributed by atoms with E-state index in [2.05, 4.69) is 0 Å². The highest BCUT2D eigenvalue weighted by atomic mass is 16.6. The monoisotopic (exact) mass is 286 g/mol. The average molecular weight is 286 g/mol. The Morgan fingerprint density at radius 3 is 2.10 bits per heavy atom. The minimum atomic E-state index is -0.460. The second kappa shape index (κ2) is 7.65. The van der Waals surface area contributed by atoms with Crippen molar-refractivity contribution < 1.29 is 19.1 Å². The molecule has 0 amide bonds. The van der Waals surface area contributed by atoms with Crippen LogP contribution in [-0.4, -0.2) is 24.1 Å². The molecule has 0 aromatic heterocycles. The molecule has 0 rings (SSSR count). The number of rotatable bonds is 8. The Bertz CT molecular complexity index is 329. The van der Waals surface area contributed by atoms with Crippen LogP contribution in [0.5, 0.6) is 0 Å². The van der Waals surface area contributed by atoms with Crippen LogP contribution in [0.2, 0.25) is 0 Å². The normalized spacial score (nSPS) is 12.4. The Morgan fingerprint density at radius 1 is 1.10 bits per heavy atom. The summed E-state index contributed by atoms with van der Waals surface area (Å²) in [4.78, 5) is 23.4. The quantitative estimate of drug-likeness (QED) is 0.504. The second-order valence-corrected chi connectivity index (χ2v) is 6.71. The van der Waals surface area contributed by atoms with Gasteiger partial charge >= 0.3 is 11.9 Å². The maximum atomic E-state index is 11.7. The molecule has 4 nitrogen and oxygen atoms in total. The Kier molecular flexibility index (Phi) is 7.25. The first-order valence-electron chi connectivity index (χ1n) is 7.42. The topological polar surface area (TPSA) is 52.6 Å². The van der Waals surface area contributed by atoms with E-state index in [0.29, 0.717) is 6.42 Å². The van der Waals surface area contributed by atoms with Gasteiger partial charge < -0.3 is 9.47 Å². The van der Waals surface area contributed by atoms with E-state index in [0.717, 1.165) is 6.42 Å². The summed E-state index contributed by atoms with van der Waals surface area (Å²) in [5, 5.41) is 0. The molecule has 0 aliphatic heterocycles. The molecule has 0 N–H and O–H groups in total. The maximum absolute atomic E-state index is 11.7. The first-order chi connectivity index (χ1) is 9.03. The Hall–Kier alpha value is -1.06. The van der Waals surface area contributed by atoms with Gasteiger partial charge in [-0.25, -0.2) is 0 Å². The van der Waals surface area contributed by atoms with Crippen LogP contribution in [0.4, 0.5) is 0 Å². The maximum Gasteiger partial charge on any atom is 0.311 e. The van der Waals surface area contributed by atoms with Crippen molar-refractivity contribution in [3.8, 4) is 0 Å². The van der Waals surface area contributed by atoms with Gasteiger partial charge in [0.25, 0.3) is 0 Å². The minimum absolute atomic E-state index is 0.212. The first kappa shape index (κ1) is 18.9. The molecule has 0 unspecified atom stereocenters. The van der Waals surface area contributed by atoms with Crippen molar-refractivity contribution >= 4 is 11.9 Å². The third-order valence-electron chi connectivity index (χ3n) is 3.96. The van der Waals surface area contributed by atoms with E-state index in [-0.39, 0.29) is 30.9 Å². The highest BCUT2D eigenvalue weighted by molar-refractivity contribution is 5.75. The molecule has 0 fully saturated rings. The molecule has 118 valence electrons. The fourth-order valence-corrected chi connectivity index (χ4v) is 1.18. The predicted molar refractivity (Wildman–Crippen MR) is 79.3 cm³/mol. The van der Waals surface area contributed by atoms with Crippen LogP contribution in [0.25, 0.3) is 0 Å². The van der Waals surface area contributed by atoms with Crippen LogP contribution in [0.1, 0.15) is 67.7 Å². The van der Waals surface area contributed by atoms with E-state index < -0.39 is 11.0 Å². The molecule has 0 aromatic carbocycles. The van der Waals surface area contributed by atoms with Crippen LogP contribution in [0.15, 0.2) is 0 Å². The average Bonchev–Trinajstić information content (AvgIpc) is 2.33. The van der Waals surface area contributed by atoms with Crippen LogP contribution in [0, 0.1) is 11.3 Å². The van der Waals surface area contributed by atoms with Crippen molar-refractivity contribution in [1.29, 1.82) is 0 Å². The van der Waals surface area contributed by atoms with E-state index in [1.54, 1.807) is 0 Å². The number of hydrogen-bond acceptors (Lipinski definition) is 4. The van der Waals surface area contributed by atoms with Gasteiger partial charge in [-0.2, -0.15) is 0 Å². The number of carbonyl (C=O) groups is 2. The lowest BCUT2D eigenvalue weighted by atomic mass is 9.91. The van der Waals surface area contributed by atoms with Crippen molar-refractivity contribution in [3.63, 3.8) is 0 Å². The smallest absolute Gasteiger partial charge is 0.311 e. The second-order valence-electron chi connectivity index (χ2n) is 6.71. The SMILES string of the molecule is CCC(C)(C)C(=O)OCCCC(=O)OC(C)(C)C(C)C. The van der Waals surface area contributed by atoms with E-state index in [1.165, 1.54) is 0 Å². The summed E-state index contributed by atoms with van der Waals surface area (Å²) in [6, 6.07) is 0. The predicted octanol–water partition coefficient (Wildman–Crippen LogP) is 3.72. The molecule has 0 bridgehead atoms. The van der Waals surface area contributed by atoms with Crippen LogP contribution < -0.4 is 0 Å². The fraction of sp³-hybridized carbons (Fsp3) is 0.875. The van der Waals surface area contributed by atoms with E-state index in [9.17, 15) is 9.59 Å². The lowest BCUT2D eigenvalue weighted by Crippen LogP contribution is -2.33. The van der Waals surface area contributed by atoms with E-state index in [4.69, 9.17) is 9.47 Å². The number of ether oxygens (including phenoxy) is 2. The van der Waals surface area contributed by atoms with E-state index in [1.807, 2.05) is 48.5 Å². The number of esters is 2. The Labute approximate surface area is 123 Å². The van der Waals surface area contributed by atoms with Gasteiger partial charge in [-0.1, -0.05) is 20.8 Å². The molecular formula is C16H30O4. The summed E-state index contributed by atoms with van der Waals surface area (Å²) in [7, 11) is 0. The number of hydrogen-bond donors (Lipinski definition) is 0. The molecule has 0 aliphatic rings. The molecular weight excluding hydrogens is 256 g/mol. The summed E-state index contributed by atoms with van der Waals surface area (Å²) in [6.45, 7) is 13.8. The van der Waals surface area contributed by atoms with Gasteiger partial charge in [0.2, 0.25) is 0 Å². The Morgan fingerprint density at radius 2 is 1.65 bits per heavy atom. The molecule has 0 spiro atoms. The molecule has 0 aromatic rings. The molecule has 0 atom stereocenters. The number of carbonyl (C=O) groups excluding carboxylic acids is 2. The summed E-state index contributed by atoms with van der Waals surface area (Å²) >= 11 is 0. The van der Waals surface area contributed by atoms with Gasteiger partial charge in [-0.3, -0.25) is 9.59 Å². The third-order valence-corrected chi connectivity index (χ3v) is 3.96. The molecule has 0 saturated heterocycles. The van der Waals surface area contributed by atoms with Gasteiger partial charge in [0.1, 0.15) is 5.60 Å². The standard InChI is InChI=1S/C16H30O4/c1-8-15(4,5)14(18)19-11-9-10-13(17)20-16(6,7)12(2)3/h12H,8-11H2,1-7H3. The summed E-state index contributed by atoms with van der Waals surface area (Å²) in [5.41, 5.74) is -0.919. The highest BCUT2D eigenvalue weighted by Crippen LogP contribution is 2.22. The summed E-state index contributed by atoms with van der Waals surface area (Å²) in [5.74, 6) is -0.194. The summed E-state index contributed by atoms with van der Waals surface area (Å²) in [6.07, 6.45) is 1.50. The van der Waals surface area contributed by atoms with Crippen molar-refractivity contribution in [2.45, 2.75) is 73.3 Å². The van der Waals surface area contributed by atoms with Crippen LogP contribution in [-0.2, 0) is 19.1 Å². The van der Waals surface area contributed by atoms with Crippen LogP contribution in [0.3, 0.4) is 0 Å². The van der Waals surface area contributed by atoms with Crippen LogP contribution >= 0.6 is 0 Å².